The van der Waals surface area contributed by atoms with Crippen LogP contribution in [0, 0.1) is 5.92 Å². The third kappa shape index (κ3) is 3.42. The van der Waals surface area contributed by atoms with Crippen LogP contribution in [0.5, 0.6) is 0 Å². The predicted molar refractivity (Wildman–Crippen MR) is 81.6 cm³/mol. The van der Waals surface area contributed by atoms with Crippen molar-refractivity contribution in [2.24, 2.45) is 5.92 Å². The zero-order valence-electron chi connectivity index (χ0n) is 13.2. The first-order valence-electron chi connectivity index (χ1n) is 7.86. The second-order valence-corrected chi connectivity index (χ2v) is 9.29. The quantitative estimate of drug-likeness (QED) is 0.852. The van der Waals surface area contributed by atoms with Crippen LogP contribution in [0.2, 0.25) is 0 Å². The van der Waals surface area contributed by atoms with Crippen molar-refractivity contribution in [2.75, 3.05) is 12.8 Å². The first-order chi connectivity index (χ1) is 9.64. The number of sulfone groups is 1. The summed E-state index contributed by atoms with van der Waals surface area (Å²) in [6.45, 7) is 3.93. The monoisotopic (exact) mass is 317 g/mol. The van der Waals surface area contributed by atoms with E-state index < -0.39 is 20.7 Å². The first kappa shape index (κ1) is 16.7. The topological polar surface area (TPSA) is 74.7 Å². The van der Waals surface area contributed by atoms with Crippen molar-refractivity contribution in [1.82, 2.24) is 4.90 Å². The fraction of sp³-hybridized carbons (Fsp3) is 0.933. The number of carbonyl (C=O) groups is 1. The van der Waals surface area contributed by atoms with Gasteiger partial charge in [-0.3, -0.25) is 4.79 Å². The molecule has 0 aromatic rings. The molecule has 1 saturated heterocycles. The smallest absolute Gasteiger partial charge is 0.240 e. The Morgan fingerprint density at radius 2 is 1.95 bits per heavy atom. The van der Waals surface area contributed by atoms with Crippen molar-refractivity contribution in [3.05, 3.63) is 0 Å². The van der Waals surface area contributed by atoms with Crippen LogP contribution in [-0.4, -0.2) is 54.0 Å². The van der Waals surface area contributed by atoms with Gasteiger partial charge in [0.1, 0.15) is 5.25 Å². The van der Waals surface area contributed by atoms with Gasteiger partial charge in [-0.2, -0.15) is 0 Å². The van der Waals surface area contributed by atoms with Crippen LogP contribution in [0.1, 0.15) is 52.4 Å². The van der Waals surface area contributed by atoms with Gasteiger partial charge >= 0.3 is 0 Å². The van der Waals surface area contributed by atoms with E-state index in [1.807, 2.05) is 6.92 Å². The molecule has 5 nitrogen and oxygen atoms in total. The molecule has 21 heavy (non-hydrogen) atoms. The van der Waals surface area contributed by atoms with Crippen molar-refractivity contribution in [1.29, 1.82) is 0 Å². The first-order valence-corrected chi connectivity index (χ1v) is 9.82. The number of nitrogens with zero attached hydrogens (tertiary/aromatic N) is 1. The molecule has 1 N–H and O–H groups in total. The highest BCUT2D eigenvalue weighted by molar-refractivity contribution is 7.92. The number of hydrogen-bond donors (Lipinski definition) is 1. The fourth-order valence-electron chi connectivity index (χ4n) is 3.85. The third-order valence-corrected chi connectivity index (χ3v) is 6.77. The van der Waals surface area contributed by atoms with Gasteiger partial charge in [-0.05, 0) is 39.5 Å². The van der Waals surface area contributed by atoms with Crippen LogP contribution in [0.4, 0.5) is 0 Å². The lowest BCUT2D eigenvalue weighted by Crippen LogP contribution is -2.52. The summed E-state index contributed by atoms with van der Waals surface area (Å²) in [6.07, 6.45) is 6.62. The molecule has 1 aliphatic heterocycles. The third-order valence-electron chi connectivity index (χ3n) is 5.28. The molecule has 0 aromatic heterocycles. The number of likely N-dealkylation sites (tertiary alicyclic amines) is 1. The van der Waals surface area contributed by atoms with Crippen LogP contribution >= 0.6 is 0 Å². The molecule has 2 fully saturated rings. The van der Waals surface area contributed by atoms with Gasteiger partial charge in [0.15, 0.2) is 9.84 Å². The van der Waals surface area contributed by atoms with Crippen molar-refractivity contribution in [3.8, 4) is 0 Å². The Labute approximate surface area is 127 Å². The van der Waals surface area contributed by atoms with E-state index in [1.54, 1.807) is 4.90 Å². The van der Waals surface area contributed by atoms with E-state index in [0.29, 0.717) is 6.54 Å². The Hall–Kier alpha value is -0.620. The largest absolute Gasteiger partial charge is 0.390 e. The van der Waals surface area contributed by atoms with Crippen molar-refractivity contribution >= 4 is 15.7 Å². The average Bonchev–Trinajstić information content (AvgIpc) is 2.84. The summed E-state index contributed by atoms with van der Waals surface area (Å²) < 4.78 is 23.3. The van der Waals surface area contributed by atoms with Gasteiger partial charge in [-0.15, -0.1) is 0 Å². The molecule has 0 aromatic carbocycles. The van der Waals surface area contributed by atoms with E-state index in [1.165, 1.54) is 6.92 Å². The van der Waals surface area contributed by atoms with Crippen LogP contribution in [0.25, 0.3) is 0 Å². The van der Waals surface area contributed by atoms with E-state index in [4.69, 9.17) is 0 Å². The standard InChI is InChI=1S/C15H27NO4S/c1-11(21(3,19)20)14(17)16-10-6-8-13(16)12-7-4-5-9-15(12,2)18/h11-13,18H,4-10H2,1-3H3. The maximum atomic E-state index is 12.5. The average molecular weight is 317 g/mol. The van der Waals surface area contributed by atoms with Crippen molar-refractivity contribution < 1.29 is 18.3 Å². The molecule has 122 valence electrons. The lowest BCUT2D eigenvalue weighted by molar-refractivity contribution is -0.135. The maximum Gasteiger partial charge on any atom is 0.240 e. The molecule has 2 aliphatic rings. The Morgan fingerprint density at radius 1 is 1.29 bits per heavy atom. The Balaban J connectivity index is 2.19. The van der Waals surface area contributed by atoms with E-state index in [-0.39, 0.29) is 17.9 Å². The number of aliphatic hydroxyl groups is 1. The highest BCUT2D eigenvalue weighted by Gasteiger charge is 2.45. The predicted octanol–water partition coefficient (Wildman–Crippen LogP) is 1.35. The van der Waals surface area contributed by atoms with Gasteiger partial charge in [0.05, 0.1) is 5.60 Å². The van der Waals surface area contributed by atoms with E-state index in [0.717, 1.165) is 44.8 Å². The molecule has 1 aliphatic carbocycles. The SMILES string of the molecule is CC(C(=O)N1CCCC1C1CCCCC1(C)O)S(C)(=O)=O. The van der Waals surface area contributed by atoms with Crippen LogP contribution in [-0.2, 0) is 14.6 Å². The lowest BCUT2D eigenvalue weighted by Gasteiger charge is -2.43. The summed E-state index contributed by atoms with van der Waals surface area (Å²) in [5.41, 5.74) is -0.750. The lowest BCUT2D eigenvalue weighted by atomic mass is 9.72. The fourth-order valence-corrected chi connectivity index (χ4v) is 4.35. The summed E-state index contributed by atoms with van der Waals surface area (Å²) in [5, 5.41) is 9.64. The maximum absolute atomic E-state index is 12.5. The molecule has 0 spiro atoms. The molecule has 0 radical (unpaired) electrons. The van der Waals surface area contributed by atoms with Gasteiger partial charge in [-0.1, -0.05) is 12.8 Å². The van der Waals surface area contributed by atoms with Gasteiger partial charge < -0.3 is 10.0 Å². The second kappa shape index (κ2) is 5.88. The van der Waals surface area contributed by atoms with E-state index in [2.05, 4.69) is 0 Å². The van der Waals surface area contributed by atoms with Crippen molar-refractivity contribution in [3.63, 3.8) is 0 Å². The van der Waals surface area contributed by atoms with Crippen molar-refractivity contribution in [2.45, 2.75) is 69.3 Å². The molecule has 1 amide bonds. The number of carbonyl (C=O) groups excluding carboxylic acids is 1. The zero-order chi connectivity index (χ0) is 15.8. The van der Waals surface area contributed by atoms with Gasteiger partial charge in [-0.25, -0.2) is 8.42 Å². The van der Waals surface area contributed by atoms with Crippen LogP contribution in [0.3, 0.4) is 0 Å². The summed E-state index contributed by atoms with van der Waals surface area (Å²) in [4.78, 5) is 14.2. The molecule has 4 unspecified atom stereocenters. The molecule has 1 heterocycles. The minimum atomic E-state index is -3.38. The minimum Gasteiger partial charge on any atom is -0.390 e. The summed E-state index contributed by atoms with van der Waals surface area (Å²) in [6, 6.07) is -0.0167. The van der Waals surface area contributed by atoms with Crippen LogP contribution in [0.15, 0.2) is 0 Å². The minimum absolute atomic E-state index is 0.0167. The highest BCUT2D eigenvalue weighted by Crippen LogP contribution is 2.40. The van der Waals surface area contributed by atoms with Crippen LogP contribution < -0.4 is 0 Å². The van der Waals surface area contributed by atoms with Gasteiger partial charge in [0, 0.05) is 24.8 Å². The van der Waals surface area contributed by atoms with E-state index in [9.17, 15) is 18.3 Å². The molecule has 2 rings (SSSR count). The normalized spacial score (nSPS) is 35.7. The molecular weight excluding hydrogens is 290 g/mol. The molecule has 0 bridgehead atoms. The highest BCUT2D eigenvalue weighted by atomic mass is 32.2. The summed E-state index contributed by atoms with van der Waals surface area (Å²) >= 11 is 0. The molecule has 4 atom stereocenters. The number of hydrogen-bond acceptors (Lipinski definition) is 4. The summed E-state index contributed by atoms with van der Waals surface area (Å²) in [7, 11) is -3.38. The Morgan fingerprint density at radius 3 is 2.52 bits per heavy atom. The molecule has 6 heteroatoms. The molecular formula is C15H27NO4S. The zero-order valence-corrected chi connectivity index (χ0v) is 14.0. The van der Waals surface area contributed by atoms with E-state index >= 15 is 0 Å². The van der Waals surface area contributed by atoms with Gasteiger partial charge in [0.2, 0.25) is 5.91 Å². The van der Waals surface area contributed by atoms with Gasteiger partial charge in [0.25, 0.3) is 0 Å². The Kier molecular flexibility index (Phi) is 4.69. The number of rotatable bonds is 3. The Bertz CT molecular complexity index is 500. The molecule has 1 saturated carbocycles. The number of amides is 1. The summed E-state index contributed by atoms with van der Waals surface area (Å²) in [5.74, 6) is -0.245. The second-order valence-electron chi connectivity index (χ2n) is 6.92.